The lowest BCUT2D eigenvalue weighted by molar-refractivity contribution is -0.130. The SMILES string of the molecule is CCOc1cc(/C=N/NC(=S)Nc2c(C)cccc2C)ccc1OCC(=O)N(C)C. The Morgan fingerprint density at radius 1 is 1.13 bits per heavy atom. The third-order valence-corrected chi connectivity index (χ3v) is 4.41. The lowest BCUT2D eigenvalue weighted by atomic mass is 10.1. The second kappa shape index (κ2) is 11.2. The first-order chi connectivity index (χ1) is 14.3. The Labute approximate surface area is 183 Å². The molecule has 0 fully saturated rings. The zero-order chi connectivity index (χ0) is 22.1. The molecule has 2 N–H and O–H groups in total. The van der Waals surface area contributed by atoms with Gasteiger partial charge in [-0.25, -0.2) is 0 Å². The third-order valence-electron chi connectivity index (χ3n) is 4.22. The molecule has 0 aliphatic heterocycles. The summed E-state index contributed by atoms with van der Waals surface area (Å²) in [6.07, 6.45) is 1.63. The number of hydrazone groups is 1. The average Bonchev–Trinajstić information content (AvgIpc) is 2.70. The number of para-hydroxylation sites is 1. The summed E-state index contributed by atoms with van der Waals surface area (Å²) in [5, 5.41) is 7.76. The van der Waals surface area contributed by atoms with Crippen molar-refractivity contribution in [1.82, 2.24) is 10.3 Å². The van der Waals surface area contributed by atoms with Crippen LogP contribution in [0.3, 0.4) is 0 Å². The second-order valence-electron chi connectivity index (χ2n) is 6.81. The van der Waals surface area contributed by atoms with Crippen LogP contribution in [0.25, 0.3) is 0 Å². The van der Waals surface area contributed by atoms with Crippen LogP contribution in [0.4, 0.5) is 5.69 Å². The molecule has 0 aromatic heterocycles. The fourth-order valence-corrected chi connectivity index (χ4v) is 2.73. The number of aryl methyl sites for hydroxylation is 2. The summed E-state index contributed by atoms with van der Waals surface area (Å²) in [4.78, 5) is 13.2. The first-order valence-corrected chi connectivity index (χ1v) is 9.98. The molecule has 0 spiro atoms. The first kappa shape index (κ1) is 23.2. The van der Waals surface area contributed by atoms with Gasteiger partial charge in [0.1, 0.15) is 0 Å². The van der Waals surface area contributed by atoms with Crippen LogP contribution >= 0.6 is 12.2 Å². The first-order valence-electron chi connectivity index (χ1n) is 9.58. The smallest absolute Gasteiger partial charge is 0.259 e. The summed E-state index contributed by atoms with van der Waals surface area (Å²) in [6, 6.07) is 11.4. The molecule has 0 saturated carbocycles. The number of ether oxygens (including phenoxy) is 2. The van der Waals surface area contributed by atoms with Gasteiger partial charge in [-0.3, -0.25) is 10.2 Å². The van der Waals surface area contributed by atoms with Gasteiger partial charge in [0.2, 0.25) is 0 Å². The predicted octanol–water partition coefficient (Wildman–Crippen LogP) is 3.49. The Balaban J connectivity index is 2.01. The normalized spacial score (nSPS) is 10.6. The standard InChI is InChI=1S/C22H28N4O3S/c1-6-28-19-12-17(10-11-18(19)29-14-20(27)26(4)5)13-23-25-22(30)24-21-15(2)8-7-9-16(21)3/h7-13H,6,14H2,1-5H3,(H2,24,25,30)/b23-13+. The molecule has 0 radical (unpaired) electrons. The summed E-state index contributed by atoms with van der Waals surface area (Å²) in [5.74, 6) is 0.922. The summed E-state index contributed by atoms with van der Waals surface area (Å²) in [5.41, 5.74) is 6.80. The number of rotatable bonds is 8. The van der Waals surface area contributed by atoms with Crippen LogP contribution in [0.1, 0.15) is 23.6 Å². The Kier molecular flexibility index (Phi) is 8.61. The zero-order valence-electron chi connectivity index (χ0n) is 18.0. The van der Waals surface area contributed by atoms with Gasteiger partial charge in [-0.2, -0.15) is 5.10 Å². The van der Waals surface area contributed by atoms with E-state index in [9.17, 15) is 4.79 Å². The molecule has 8 heteroatoms. The number of nitrogens with zero attached hydrogens (tertiary/aromatic N) is 2. The molecule has 0 heterocycles. The maximum absolute atomic E-state index is 11.7. The molecule has 0 unspecified atom stereocenters. The molecule has 2 aromatic rings. The Morgan fingerprint density at radius 3 is 2.47 bits per heavy atom. The monoisotopic (exact) mass is 428 g/mol. The number of carbonyl (C=O) groups excluding carboxylic acids is 1. The van der Waals surface area contributed by atoms with E-state index in [0.29, 0.717) is 23.2 Å². The van der Waals surface area contributed by atoms with E-state index in [1.54, 1.807) is 32.4 Å². The highest BCUT2D eigenvalue weighted by Crippen LogP contribution is 2.28. The number of likely N-dealkylation sites (N-methyl/N-ethyl adjacent to an activating group) is 1. The van der Waals surface area contributed by atoms with Crippen molar-refractivity contribution in [3.8, 4) is 11.5 Å². The van der Waals surface area contributed by atoms with Gasteiger partial charge in [0, 0.05) is 19.8 Å². The van der Waals surface area contributed by atoms with Gasteiger partial charge in [0.15, 0.2) is 23.2 Å². The molecule has 0 atom stereocenters. The Bertz CT molecular complexity index is 908. The van der Waals surface area contributed by atoms with Crippen LogP contribution in [0.5, 0.6) is 11.5 Å². The summed E-state index contributed by atoms with van der Waals surface area (Å²) >= 11 is 5.32. The molecular formula is C22H28N4O3S. The largest absolute Gasteiger partial charge is 0.490 e. The predicted molar refractivity (Wildman–Crippen MR) is 125 cm³/mol. The van der Waals surface area contributed by atoms with Crippen LogP contribution in [0.2, 0.25) is 0 Å². The molecule has 160 valence electrons. The van der Waals surface area contributed by atoms with Crippen LogP contribution in [0.15, 0.2) is 41.5 Å². The second-order valence-corrected chi connectivity index (χ2v) is 7.22. The molecule has 0 aliphatic rings. The van der Waals surface area contributed by atoms with Crippen LogP contribution in [-0.4, -0.2) is 49.4 Å². The molecule has 0 aliphatic carbocycles. The third kappa shape index (κ3) is 6.73. The molecule has 0 saturated heterocycles. The number of hydrogen-bond acceptors (Lipinski definition) is 5. The number of anilines is 1. The van der Waals surface area contributed by atoms with E-state index in [2.05, 4.69) is 15.8 Å². The number of amides is 1. The summed E-state index contributed by atoms with van der Waals surface area (Å²) in [7, 11) is 3.36. The maximum atomic E-state index is 11.7. The Hall–Kier alpha value is -3.13. The minimum absolute atomic E-state index is 0.0552. The average molecular weight is 429 g/mol. The fraction of sp³-hybridized carbons (Fsp3) is 0.318. The highest BCUT2D eigenvalue weighted by molar-refractivity contribution is 7.80. The summed E-state index contributed by atoms with van der Waals surface area (Å²) < 4.78 is 11.2. The van der Waals surface area contributed by atoms with E-state index in [4.69, 9.17) is 21.7 Å². The molecule has 7 nitrogen and oxygen atoms in total. The van der Waals surface area contributed by atoms with Crippen molar-refractivity contribution < 1.29 is 14.3 Å². The summed E-state index contributed by atoms with van der Waals surface area (Å²) in [6.45, 7) is 6.34. The number of benzene rings is 2. The van der Waals surface area contributed by atoms with Gasteiger partial charge in [-0.05, 0) is 67.9 Å². The number of hydrogen-bond donors (Lipinski definition) is 2. The van der Waals surface area contributed by atoms with E-state index in [0.717, 1.165) is 22.4 Å². The fourth-order valence-electron chi connectivity index (χ4n) is 2.58. The highest BCUT2D eigenvalue weighted by atomic mass is 32.1. The Morgan fingerprint density at radius 2 is 1.83 bits per heavy atom. The van der Waals surface area contributed by atoms with E-state index < -0.39 is 0 Å². The van der Waals surface area contributed by atoms with E-state index in [1.165, 1.54) is 4.90 Å². The van der Waals surface area contributed by atoms with Gasteiger partial charge in [-0.15, -0.1) is 0 Å². The number of nitrogens with one attached hydrogen (secondary N) is 2. The van der Waals surface area contributed by atoms with Crippen molar-refractivity contribution in [2.24, 2.45) is 5.10 Å². The van der Waals surface area contributed by atoms with Crippen molar-refractivity contribution in [2.75, 3.05) is 32.6 Å². The molecular weight excluding hydrogens is 400 g/mol. The zero-order valence-corrected chi connectivity index (χ0v) is 18.8. The van der Waals surface area contributed by atoms with Crippen molar-refractivity contribution in [3.05, 3.63) is 53.1 Å². The lowest BCUT2D eigenvalue weighted by Crippen LogP contribution is -2.27. The van der Waals surface area contributed by atoms with Gasteiger partial charge in [0.05, 0.1) is 12.8 Å². The van der Waals surface area contributed by atoms with Gasteiger partial charge in [0.25, 0.3) is 5.91 Å². The van der Waals surface area contributed by atoms with Gasteiger partial charge in [-0.1, -0.05) is 18.2 Å². The van der Waals surface area contributed by atoms with Crippen LogP contribution in [0, 0.1) is 13.8 Å². The minimum Gasteiger partial charge on any atom is -0.490 e. The van der Waals surface area contributed by atoms with E-state index >= 15 is 0 Å². The van der Waals surface area contributed by atoms with Crippen LogP contribution < -0.4 is 20.2 Å². The van der Waals surface area contributed by atoms with Gasteiger partial charge < -0.3 is 19.7 Å². The van der Waals surface area contributed by atoms with Crippen molar-refractivity contribution in [1.29, 1.82) is 0 Å². The molecule has 2 rings (SSSR count). The molecule has 2 aromatic carbocycles. The molecule has 0 bridgehead atoms. The molecule has 30 heavy (non-hydrogen) atoms. The minimum atomic E-state index is -0.128. The van der Waals surface area contributed by atoms with E-state index in [1.807, 2.05) is 45.0 Å². The highest BCUT2D eigenvalue weighted by Gasteiger charge is 2.10. The van der Waals surface area contributed by atoms with Crippen LogP contribution in [-0.2, 0) is 4.79 Å². The van der Waals surface area contributed by atoms with Crippen molar-refractivity contribution in [2.45, 2.75) is 20.8 Å². The maximum Gasteiger partial charge on any atom is 0.259 e. The van der Waals surface area contributed by atoms with Crippen molar-refractivity contribution >= 4 is 35.1 Å². The van der Waals surface area contributed by atoms with Crippen molar-refractivity contribution in [3.63, 3.8) is 0 Å². The topological polar surface area (TPSA) is 75.2 Å². The lowest BCUT2D eigenvalue weighted by Gasteiger charge is -2.14. The van der Waals surface area contributed by atoms with Gasteiger partial charge >= 0.3 is 0 Å². The molecule has 1 amide bonds. The van der Waals surface area contributed by atoms with E-state index in [-0.39, 0.29) is 12.5 Å². The quantitative estimate of drug-likeness (QED) is 0.381. The number of carbonyl (C=O) groups is 1. The number of thiocarbonyl (C=S) groups is 1.